The Hall–Kier alpha value is -3.72. The molecule has 0 aromatic carbocycles. The SMILES string of the molecule is Cc1cc(C)nc(Nc2nc(Nc3ccn4ccnc4c3)cc(N3CCN(C)C(C)C3)n2)c1. The summed E-state index contributed by atoms with van der Waals surface area (Å²) in [6.45, 7) is 9.10. The lowest BCUT2D eigenvalue weighted by Gasteiger charge is -2.38. The number of aromatic nitrogens is 5. The molecule has 170 valence electrons. The van der Waals surface area contributed by atoms with Gasteiger partial charge in [-0.1, -0.05) is 0 Å². The molecule has 1 saturated heterocycles. The van der Waals surface area contributed by atoms with Crippen molar-refractivity contribution in [2.24, 2.45) is 0 Å². The van der Waals surface area contributed by atoms with Gasteiger partial charge < -0.3 is 24.8 Å². The lowest BCUT2D eigenvalue weighted by Crippen LogP contribution is -2.50. The molecular weight excluding hydrogens is 414 g/mol. The maximum Gasteiger partial charge on any atom is 0.232 e. The van der Waals surface area contributed by atoms with Crippen LogP contribution in [0.15, 0.2) is 48.9 Å². The van der Waals surface area contributed by atoms with Crippen LogP contribution in [0.5, 0.6) is 0 Å². The first kappa shape index (κ1) is 21.1. The molecule has 1 atom stereocenters. The number of aryl methyl sites for hydroxylation is 2. The average molecular weight is 444 g/mol. The molecule has 1 fully saturated rings. The van der Waals surface area contributed by atoms with E-state index in [0.29, 0.717) is 12.0 Å². The highest BCUT2D eigenvalue weighted by Crippen LogP contribution is 2.25. The van der Waals surface area contributed by atoms with Crippen LogP contribution in [0.25, 0.3) is 5.65 Å². The third kappa shape index (κ3) is 4.73. The standard InChI is InChI=1S/C24H29N9/c1-16-11-17(2)26-20(12-16)28-24-29-21(27-19-5-7-32-8-6-25-22(32)13-19)14-23(30-24)33-10-9-31(4)18(3)15-33/h5-8,11-14,18H,9-10,15H2,1-4H3,(H2,26,27,28,29,30). The Labute approximate surface area is 193 Å². The summed E-state index contributed by atoms with van der Waals surface area (Å²) in [5.74, 6) is 2.86. The van der Waals surface area contributed by atoms with Crippen molar-refractivity contribution >= 4 is 34.7 Å². The number of hydrogen-bond donors (Lipinski definition) is 2. The second kappa shape index (κ2) is 8.67. The number of likely N-dealkylation sites (N-methyl/N-ethyl adjacent to an activating group) is 1. The summed E-state index contributed by atoms with van der Waals surface area (Å²) in [6, 6.07) is 10.5. The largest absolute Gasteiger partial charge is 0.354 e. The Kier molecular flexibility index (Phi) is 5.55. The molecule has 0 saturated carbocycles. The number of rotatable bonds is 5. The number of pyridine rings is 2. The molecule has 33 heavy (non-hydrogen) atoms. The van der Waals surface area contributed by atoms with Gasteiger partial charge in [0.15, 0.2) is 0 Å². The van der Waals surface area contributed by atoms with Gasteiger partial charge in [-0.3, -0.25) is 0 Å². The smallest absolute Gasteiger partial charge is 0.232 e. The van der Waals surface area contributed by atoms with E-state index in [0.717, 1.165) is 59.7 Å². The second-order valence-corrected chi connectivity index (χ2v) is 8.74. The highest BCUT2D eigenvalue weighted by atomic mass is 15.3. The minimum atomic E-state index is 0.450. The normalized spacial score (nSPS) is 16.8. The van der Waals surface area contributed by atoms with Crippen molar-refractivity contribution in [3.8, 4) is 0 Å². The number of hydrogen-bond acceptors (Lipinski definition) is 8. The molecule has 2 N–H and O–H groups in total. The molecule has 5 heterocycles. The van der Waals surface area contributed by atoms with Crippen LogP contribution in [-0.2, 0) is 0 Å². The summed E-state index contributed by atoms with van der Waals surface area (Å²) in [6.07, 6.45) is 5.69. The van der Waals surface area contributed by atoms with Crippen molar-refractivity contribution in [3.05, 3.63) is 60.2 Å². The summed E-state index contributed by atoms with van der Waals surface area (Å²) in [4.78, 5) is 23.2. The average Bonchev–Trinajstić information content (AvgIpc) is 3.23. The van der Waals surface area contributed by atoms with E-state index in [-0.39, 0.29) is 0 Å². The molecular formula is C24H29N9. The van der Waals surface area contributed by atoms with E-state index in [9.17, 15) is 0 Å². The number of nitrogens with one attached hydrogen (secondary N) is 2. The molecule has 4 aromatic heterocycles. The van der Waals surface area contributed by atoms with E-state index >= 15 is 0 Å². The summed E-state index contributed by atoms with van der Waals surface area (Å²) in [5.41, 5.74) is 3.88. The molecule has 1 aliphatic rings. The minimum Gasteiger partial charge on any atom is -0.354 e. The predicted octanol–water partition coefficient (Wildman–Crippen LogP) is 3.76. The summed E-state index contributed by atoms with van der Waals surface area (Å²) in [5, 5.41) is 6.74. The third-order valence-corrected chi connectivity index (χ3v) is 6.00. The highest BCUT2D eigenvalue weighted by Gasteiger charge is 2.23. The third-order valence-electron chi connectivity index (χ3n) is 6.00. The molecule has 0 aliphatic carbocycles. The molecule has 0 spiro atoms. The monoisotopic (exact) mass is 443 g/mol. The van der Waals surface area contributed by atoms with Crippen LogP contribution in [0.3, 0.4) is 0 Å². The van der Waals surface area contributed by atoms with Crippen LogP contribution in [0.2, 0.25) is 0 Å². The van der Waals surface area contributed by atoms with E-state index < -0.39 is 0 Å². The van der Waals surface area contributed by atoms with Gasteiger partial charge >= 0.3 is 0 Å². The van der Waals surface area contributed by atoms with E-state index in [4.69, 9.17) is 9.97 Å². The van der Waals surface area contributed by atoms with Crippen molar-refractivity contribution in [3.63, 3.8) is 0 Å². The van der Waals surface area contributed by atoms with Crippen LogP contribution in [0.4, 0.5) is 29.1 Å². The van der Waals surface area contributed by atoms with Crippen LogP contribution < -0.4 is 15.5 Å². The van der Waals surface area contributed by atoms with Crippen molar-refractivity contribution in [2.75, 3.05) is 42.2 Å². The number of nitrogens with zero attached hydrogens (tertiary/aromatic N) is 7. The minimum absolute atomic E-state index is 0.450. The Balaban J connectivity index is 1.48. The van der Waals surface area contributed by atoms with E-state index in [1.807, 2.05) is 54.0 Å². The first-order valence-electron chi connectivity index (χ1n) is 11.2. The van der Waals surface area contributed by atoms with E-state index in [2.05, 4.69) is 51.3 Å². The number of fused-ring (bicyclic) bond motifs is 1. The Bertz CT molecular complexity index is 1260. The fourth-order valence-electron chi connectivity index (χ4n) is 4.13. The summed E-state index contributed by atoms with van der Waals surface area (Å²) >= 11 is 0. The van der Waals surface area contributed by atoms with Crippen molar-refractivity contribution < 1.29 is 0 Å². The highest BCUT2D eigenvalue weighted by molar-refractivity contribution is 5.66. The van der Waals surface area contributed by atoms with Crippen LogP contribution in [0, 0.1) is 13.8 Å². The molecule has 5 rings (SSSR count). The topological polar surface area (TPSA) is 86.5 Å². The Morgan fingerprint density at radius 2 is 1.79 bits per heavy atom. The van der Waals surface area contributed by atoms with Gasteiger partial charge in [-0.25, -0.2) is 9.97 Å². The molecule has 4 aromatic rings. The summed E-state index contributed by atoms with van der Waals surface area (Å²) < 4.78 is 1.97. The van der Waals surface area contributed by atoms with Gasteiger partial charge in [0, 0.05) is 67.8 Å². The number of anilines is 5. The number of imidazole rings is 1. The van der Waals surface area contributed by atoms with Gasteiger partial charge in [-0.05, 0) is 51.6 Å². The zero-order valence-electron chi connectivity index (χ0n) is 19.4. The fraction of sp³-hybridized carbons (Fsp3) is 0.333. The quantitative estimate of drug-likeness (QED) is 0.482. The molecule has 9 heteroatoms. The summed E-state index contributed by atoms with van der Waals surface area (Å²) in [7, 11) is 2.17. The lowest BCUT2D eigenvalue weighted by atomic mass is 10.2. The first-order valence-corrected chi connectivity index (χ1v) is 11.2. The zero-order chi connectivity index (χ0) is 22.9. The molecule has 1 aliphatic heterocycles. The van der Waals surface area contributed by atoms with E-state index in [1.54, 1.807) is 6.20 Å². The molecule has 0 amide bonds. The van der Waals surface area contributed by atoms with Gasteiger partial charge in [-0.2, -0.15) is 9.97 Å². The van der Waals surface area contributed by atoms with E-state index in [1.165, 1.54) is 0 Å². The van der Waals surface area contributed by atoms with Gasteiger partial charge in [0.05, 0.1) is 0 Å². The van der Waals surface area contributed by atoms with Crippen molar-refractivity contribution in [1.82, 2.24) is 29.2 Å². The second-order valence-electron chi connectivity index (χ2n) is 8.74. The molecule has 1 unspecified atom stereocenters. The maximum atomic E-state index is 4.84. The zero-order valence-corrected chi connectivity index (χ0v) is 19.4. The van der Waals surface area contributed by atoms with Gasteiger partial charge in [0.1, 0.15) is 23.1 Å². The molecule has 0 radical (unpaired) electrons. The van der Waals surface area contributed by atoms with Crippen molar-refractivity contribution in [2.45, 2.75) is 26.8 Å². The van der Waals surface area contributed by atoms with Gasteiger partial charge in [0.25, 0.3) is 0 Å². The maximum absolute atomic E-state index is 4.84. The van der Waals surface area contributed by atoms with Crippen LogP contribution in [0.1, 0.15) is 18.2 Å². The van der Waals surface area contributed by atoms with Crippen LogP contribution >= 0.6 is 0 Å². The molecule has 0 bridgehead atoms. The Morgan fingerprint density at radius 3 is 2.61 bits per heavy atom. The first-order chi connectivity index (χ1) is 15.9. The predicted molar refractivity (Wildman–Crippen MR) is 132 cm³/mol. The van der Waals surface area contributed by atoms with Gasteiger partial charge in [-0.15, -0.1) is 0 Å². The van der Waals surface area contributed by atoms with Gasteiger partial charge in [0.2, 0.25) is 5.95 Å². The number of piperazine rings is 1. The van der Waals surface area contributed by atoms with Crippen molar-refractivity contribution in [1.29, 1.82) is 0 Å². The van der Waals surface area contributed by atoms with Crippen LogP contribution in [-0.4, -0.2) is 62.0 Å². The lowest BCUT2D eigenvalue weighted by molar-refractivity contribution is 0.233. The molecule has 9 nitrogen and oxygen atoms in total. The fourth-order valence-corrected chi connectivity index (χ4v) is 4.13. The Morgan fingerprint density at radius 1 is 0.939 bits per heavy atom.